The van der Waals surface area contributed by atoms with Crippen molar-refractivity contribution in [1.29, 1.82) is 10.5 Å². The second kappa shape index (κ2) is 12.7. The number of aliphatic hydroxyl groups is 2. The minimum Gasteiger partial charge on any atom is -0.506 e. The van der Waals surface area contributed by atoms with Crippen LogP contribution in [0.4, 0.5) is 8.78 Å². The molecule has 0 radical (unpaired) electrons. The Morgan fingerprint density at radius 2 is 1.04 bits per heavy atom. The standard InChI is InChI=1S/2C15H11FN2O5/c2*1-15(6-17)9-4-7(16)2-3-8(9)12(21)11(13(15)22)14(23)18-5-10(19)20/h2*2-4,21H,5H2,1H3,(H,18,23)(H,19,20)/t2*15-/m10/s1. The van der Waals surface area contributed by atoms with Gasteiger partial charge in [-0.1, -0.05) is 0 Å². The molecule has 2 aliphatic carbocycles. The average Bonchev–Trinajstić information content (AvgIpc) is 3.01. The maximum absolute atomic E-state index is 13.4. The maximum Gasteiger partial charge on any atom is 0.322 e. The quantitative estimate of drug-likeness (QED) is 0.246. The van der Waals surface area contributed by atoms with Gasteiger partial charge in [-0.15, -0.1) is 0 Å². The van der Waals surface area contributed by atoms with E-state index in [1.807, 2.05) is 10.6 Å². The number of carbonyl (C=O) groups excluding carboxylic acids is 4. The molecule has 6 N–H and O–H groups in total. The summed E-state index contributed by atoms with van der Waals surface area (Å²) in [5.41, 5.74) is -5.39. The van der Waals surface area contributed by atoms with Crippen LogP contribution in [0.1, 0.15) is 36.1 Å². The molecule has 0 bridgehead atoms. The number of nitriles is 2. The summed E-state index contributed by atoms with van der Waals surface area (Å²) in [4.78, 5) is 70.0. The van der Waals surface area contributed by atoms with Crippen LogP contribution in [-0.2, 0) is 39.6 Å². The Bertz CT molecular complexity index is 1750. The first-order chi connectivity index (χ1) is 21.4. The van der Waals surface area contributed by atoms with Gasteiger partial charge in [0, 0.05) is 11.1 Å². The van der Waals surface area contributed by atoms with Crippen LogP contribution >= 0.6 is 0 Å². The van der Waals surface area contributed by atoms with Crippen LogP contribution in [0, 0.1) is 34.3 Å². The smallest absolute Gasteiger partial charge is 0.322 e. The molecule has 2 aliphatic rings. The fraction of sp³-hybridized carbons (Fsp3) is 0.200. The molecule has 0 saturated heterocycles. The molecule has 0 unspecified atom stereocenters. The topological polar surface area (TPSA) is 255 Å². The summed E-state index contributed by atoms with van der Waals surface area (Å²) in [6.45, 7) is 0.875. The first kappa shape index (κ1) is 34.1. The van der Waals surface area contributed by atoms with Gasteiger partial charge in [0.25, 0.3) is 11.8 Å². The van der Waals surface area contributed by atoms with Gasteiger partial charge in [-0.25, -0.2) is 8.78 Å². The zero-order valence-corrected chi connectivity index (χ0v) is 23.8. The zero-order valence-electron chi connectivity index (χ0n) is 23.8. The highest BCUT2D eigenvalue weighted by Gasteiger charge is 2.48. The van der Waals surface area contributed by atoms with E-state index in [4.69, 9.17) is 10.2 Å². The Balaban J connectivity index is 0.000000250. The van der Waals surface area contributed by atoms with Crippen molar-refractivity contribution < 1.29 is 58.0 Å². The molecule has 0 aromatic heterocycles. The molecular weight excluding hydrogens is 614 g/mol. The number of carboxylic acid groups (broad SMARTS) is 2. The van der Waals surface area contributed by atoms with Crippen LogP contribution in [-0.4, -0.2) is 68.8 Å². The SMILES string of the molecule is C[C@@]1(C#N)C(=O)C(C(=O)NCC(=O)O)=C(O)c2ccc(F)cc21.C[C@]1(C#N)C(=O)C(C(=O)NCC(=O)O)=C(O)c2ccc(F)cc21. The molecule has 0 fully saturated rings. The Morgan fingerprint density at radius 1 is 0.717 bits per heavy atom. The molecule has 2 amide bonds. The molecular formula is C30H22F2N4O10. The van der Waals surface area contributed by atoms with Crippen LogP contribution in [0.3, 0.4) is 0 Å². The van der Waals surface area contributed by atoms with Crippen molar-refractivity contribution in [3.8, 4) is 12.1 Å². The lowest BCUT2D eigenvalue weighted by molar-refractivity contribution is -0.138. The van der Waals surface area contributed by atoms with Gasteiger partial charge in [-0.05, 0) is 61.4 Å². The third-order valence-corrected chi connectivity index (χ3v) is 7.09. The molecule has 0 aliphatic heterocycles. The van der Waals surface area contributed by atoms with Crippen LogP contribution in [0.15, 0.2) is 47.5 Å². The van der Waals surface area contributed by atoms with E-state index in [-0.39, 0.29) is 22.3 Å². The molecule has 2 aromatic rings. The second-order valence-corrected chi connectivity index (χ2v) is 10.1. The van der Waals surface area contributed by atoms with Crippen molar-refractivity contribution in [2.24, 2.45) is 0 Å². The number of hydrogen-bond donors (Lipinski definition) is 6. The molecule has 46 heavy (non-hydrogen) atoms. The van der Waals surface area contributed by atoms with Gasteiger partial charge in [0.05, 0.1) is 12.1 Å². The molecule has 14 nitrogen and oxygen atoms in total. The summed E-state index contributed by atoms with van der Waals surface area (Å²) in [6.07, 6.45) is 0. The van der Waals surface area contributed by atoms with E-state index in [9.17, 15) is 58.3 Å². The highest BCUT2D eigenvalue weighted by molar-refractivity contribution is 6.30. The number of carbonyl (C=O) groups is 6. The largest absolute Gasteiger partial charge is 0.506 e. The number of ketones is 2. The first-order valence-electron chi connectivity index (χ1n) is 12.8. The van der Waals surface area contributed by atoms with Crippen molar-refractivity contribution in [2.75, 3.05) is 13.1 Å². The number of aliphatic hydroxyl groups excluding tert-OH is 2. The summed E-state index contributed by atoms with van der Waals surface area (Å²) in [6, 6.07) is 9.65. The summed E-state index contributed by atoms with van der Waals surface area (Å²) >= 11 is 0. The number of carboxylic acids is 2. The van der Waals surface area contributed by atoms with Crippen LogP contribution < -0.4 is 10.6 Å². The zero-order chi connectivity index (χ0) is 34.7. The van der Waals surface area contributed by atoms with Crippen molar-refractivity contribution in [1.82, 2.24) is 10.6 Å². The number of aliphatic carboxylic acids is 2. The lowest BCUT2D eigenvalue weighted by atomic mass is 9.70. The molecule has 0 heterocycles. The van der Waals surface area contributed by atoms with Crippen molar-refractivity contribution >= 4 is 46.8 Å². The number of nitrogens with zero attached hydrogens (tertiary/aromatic N) is 2. The molecule has 2 atom stereocenters. The van der Waals surface area contributed by atoms with Crippen molar-refractivity contribution in [3.63, 3.8) is 0 Å². The monoisotopic (exact) mass is 636 g/mol. The van der Waals surface area contributed by atoms with Gasteiger partial charge in [0.2, 0.25) is 0 Å². The van der Waals surface area contributed by atoms with Gasteiger partial charge in [0.1, 0.15) is 58.2 Å². The summed E-state index contributed by atoms with van der Waals surface area (Å²) in [5.74, 6) is -9.83. The van der Waals surface area contributed by atoms with E-state index in [1.54, 1.807) is 12.1 Å². The number of fused-ring (bicyclic) bond motifs is 2. The van der Waals surface area contributed by atoms with E-state index in [0.29, 0.717) is 0 Å². The fourth-order valence-corrected chi connectivity index (χ4v) is 4.63. The molecule has 2 aromatic carbocycles. The fourth-order valence-electron chi connectivity index (χ4n) is 4.63. The number of hydrogen-bond acceptors (Lipinski definition) is 10. The van der Waals surface area contributed by atoms with Crippen LogP contribution in [0.2, 0.25) is 0 Å². The maximum atomic E-state index is 13.4. The van der Waals surface area contributed by atoms with Crippen molar-refractivity contribution in [2.45, 2.75) is 24.7 Å². The van der Waals surface area contributed by atoms with E-state index in [1.165, 1.54) is 13.8 Å². The van der Waals surface area contributed by atoms with Crippen LogP contribution in [0.25, 0.3) is 11.5 Å². The number of halogens is 2. The van der Waals surface area contributed by atoms with Gasteiger partial charge in [-0.2, -0.15) is 10.5 Å². The predicted molar refractivity (Wildman–Crippen MR) is 149 cm³/mol. The number of benzene rings is 2. The van der Waals surface area contributed by atoms with E-state index >= 15 is 0 Å². The van der Waals surface area contributed by atoms with E-state index in [2.05, 4.69) is 0 Å². The first-order valence-corrected chi connectivity index (χ1v) is 12.8. The minimum atomic E-state index is -1.88. The molecule has 0 saturated carbocycles. The Labute approximate surface area is 257 Å². The summed E-state index contributed by atoms with van der Waals surface area (Å²) < 4.78 is 26.9. The lowest BCUT2D eigenvalue weighted by Crippen LogP contribution is -2.43. The number of nitrogens with one attached hydrogen (secondary N) is 2. The van der Waals surface area contributed by atoms with E-state index in [0.717, 1.165) is 36.4 Å². The van der Waals surface area contributed by atoms with Crippen molar-refractivity contribution in [3.05, 3.63) is 81.4 Å². The third-order valence-electron chi connectivity index (χ3n) is 7.09. The molecule has 0 spiro atoms. The van der Waals surface area contributed by atoms with E-state index < -0.39 is 93.5 Å². The summed E-state index contributed by atoms with van der Waals surface area (Å²) in [5, 5.41) is 60.0. The lowest BCUT2D eigenvalue weighted by Gasteiger charge is -2.29. The molecule has 236 valence electrons. The minimum absolute atomic E-state index is 0.0319. The molecule has 4 rings (SSSR count). The van der Waals surface area contributed by atoms with Gasteiger partial charge < -0.3 is 31.1 Å². The average molecular weight is 637 g/mol. The summed E-state index contributed by atoms with van der Waals surface area (Å²) in [7, 11) is 0. The molecule has 16 heteroatoms. The number of rotatable bonds is 6. The van der Waals surface area contributed by atoms with Gasteiger partial charge in [0.15, 0.2) is 11.6 Å². The van der Waals surface area contributed by atoms with Gasteiger partial charge in [-0.3, -0.25) is 28.8 Å². The third kappa shape index (κ3) is 6.00. The normalized spacial score (nSPS) is 19.8. The number of Topliss-reactive ketones (excluding diaryl/α,β-unsaturated/α-hetero) is 2. The Morgan fingerprint density at radius 3 is 1.33 bits per heavy atom. The Kier molecular flexibility index (Phi) is 9.38. The highest BCUT2D eigenvalue weighted by atomic mass is 19.1. The predicted octanol–water partition coefficient (Wildman–Crippen LogP) is 1.32. The van der Waals surface area contributed by atoms with Crippen LogP contribution in [0.5, 0.6) is 0 Å². The van der Waals surface area contributed by atoms with Gasteiger partial charge >= 0.3 is 11.9 Å². The number of amides is 2. The second-order valence-electron chi connectivity index (χ2n) is 10.1. The Hall–Kier alpha value is -6.42. The highest BCUT2D eigenvalue weighted by Crippen LogP contribution is 2.41.